The number of benzene rings is 1. The molecule has 25 heavy (non-hydrogen) atoms. The van der Waals surface area contributed by atoms with Crippen LogP contribution in [0.3, 0.4) is 0 Å². The Morgan fingerprint density at radius 2 is 1.64 bits per heavy atom. The molecular formula is C16H12FN3O4S. The number of ketones is 2. The number of carbonyl (C=O) groups is 2. The van der Waals surface area contributed by atoms with Crippen molar-refractivity contribution in [1.82, 2.24) is 9.97 Å². The molecule has 1 aliphatic carbocycles. The number of rotatable bonds is 3. The molecule has 0 aliphatic heterocycles. The van der Waals surface area contributed by atoms with Gasteiger partial charge in [-0.1, -0.05) is 6.07 Å². The summed E-state index contributed by atoms with van der Waals surface area (Å²) in [6, 6.07) is 3.79. The average Bonchev–Trinajstić information content (AvgIpc) is 2.54. The molecule has 0 bridgehead atoms. The number of hydrogen-bond acceptors (Lipinski definition) is 7. The zero-order chi connectivity index (χ0) is 18.4. The quantitative estimate of drug-likeness (QED) is 0.886. The fraction of sp³-hybridized carbons (Fsp3) is 0.125. The van der Waals surface area contributed by atoms with Crippen LogP contribution < -0.4 is 5.32 Å². The third kappa shape index (κ3) is 2.93. The molecule has 7 nitrogen and oxygen atoms in total. The molecule has 0 radical (unpaired) electrons. The Bertz CT molecular complexity index is 1060. The van der Waals surface area contributed by atoms with E-state index in [0.717, 1.165) is 12.3 Å². The molecule has 1 heterocycles. The highest BCUT2D eigenvalue weighted by molar-refractivity contribution is 7.95. The Kier molecular flexibility index (Phi) is 3.96. The molecule has 1 aromatic carbocycles. The monoisotopic (exact) mass is 361 g/mol. The van der Waals surface area contributed by atoms with Crippen LogP contribution >= 0.6 is 0 Å². The number of allylic oxidation sites excluding steroid dienone is 2. The minimum absolute atomic E-state index is 0.171. The molecule has 0 amide bonds. The van der Waals surface area contributed by atoms with Gasteiger partial charge in [-0.3, -0.25) is 9.59 Å². The number of fused-ring (bicyclic) bond motifs is 1. The summed E-state index contributed by atoms with van der Waals surface area (Å²) in [4.78, 5) is 32.1. The van der Waals surface area contributed by atoms with Crippen molar-refractivity contribution in [2.24, 2.45) is 0 Å². The van der Waals surface area contributed by atoms with Gasteiger partial charge < -0.3 is 5.32 Å². The molecule has 1 aromatic heterocycles. The van der Waals surface area contributed by atoms with Crippen molar-refractivity contribution in [3.63, 3.8) is 0 Å². The molecule has 128 valence electrons. The summed E-state index contributed by atoms with van der Waals surface area (Å²) in [7, 11) is -4.06. The number of carbonyl (C=O) groups excluding carboxylic acids is 2. The summed E-state index contributed by atoms with van der Waals surface area (Å²) in [5.41, 5.74) is -0.309. The maximum atomic E-state index is 13.5. The highest BCUT2D eigenvalue weighted by Crippen LogP contribution is 2.29. The second-order valence-corrected chi connectivity index (χ2v) is 7.42. The van der Waals surface area contributed by atoms with Gasteiger partial charge in [0.25, 0.3) is 0 Å². The Morgan fingerprint density at radius 3 is 2.24 bits per heavy atom. The summed E-state index contributed by atoms with van der Waals surface area (Å²) in [5.74, 6) is -2.31. The van der Waals surface area contributed by atoms with Gasteiger partial charge in [-0.25, -0.2) is 22.8 Å². The summed E-state index contributed by atoms with van der Waals surface area (Å²) >= 11 is 0. The number of halogens is 1. The Morgan fingerprint density at radius 1 is 1.04 bits per heavy atom. The van der Waals surface area contributed by atoms with E-state index in [1.165, 1.54) is 24.5 Å². The maximum absolute atomic E-state index is 13.5. The first-order chi connectivity index (χ1) is 11.7. The summed E-state index contributed by atoms with van der Waals surface area (Å²) < 4.78 is 37.7. The molecule has 0 spiro atoms. The van der Waals surface area contributed by atoms with Crippen LogP contribution in [0.2, 0.25) is 0 Å². The van der Waals surface area contributed by atoms with Gasteiger partial charge in [0.2, 0.25) is 11.6 Å². The number of hydrogen-bond donors (Lipinski definition) is 1. The molecule has 0 atom stereocenters. The number of sulfone groups is 1. The third-order valence-corrected chi connectivity index (χ3v) is 4.75. The van der Waals surface area contributed by atoms with Gasteiger partial charge in [0.1, 0.15) is 27.8 Å². The van der Waals surface area contributed by atoms with Crippen LogP contribution in [0.1, 0.15) is 26.5 Å². The van der Waals surface area contributed by atoms with Crippen molar-refractivity contribution in [3.8, 4) is 0 Å². The zero-order valence-corrected chi connectivity index (χ0v) is 14.0. The number of Topliss-reactive ketones (excluding diaryl/α,β-unsaturated/α-hetero) is 2. The van der Waals surface area contributed by atoms with Gasteiger partial charge in [0.05, 0.1) is 0 Å². The van der Waals surface area contributed by atoms with Crippen molar-refractivity contribution in [1.29, 1.82) is 0 Å². The van der Waals surface area contributed by atoms with Crippen LogP contribution in [0.25, 0.3) is 0 Å². The minimum atomic E-state index is -4.06. The van der Waals surface area contributed by atoms with E-state index < -0.39 is 37.8 Å². The predicted molar refractivity (Wildman–Crippen MR) is 87.3 cm³/mol. The second-order valence-electron chi connectivity index (χ2n) is 5.47. The molecule has 1 N–H and O–H groups in total. The van der Waals surface area contributed by atoms with Crippen molar-refractivity contribution in [2.45, 2.75) is 6.92 Å². The van der Waals surface area contributed by atoms with Crippen LogP contribution in [0.4, 0.5) is 10.1 Å². The Balaban J connectivity index is 2.24. The molecule has 2 aromatic rings. The summed E-state index contributed by atoms with van der Waals surface area (Å²) in [6.45, 7) is 1.64. The number of aromatic nitrogens is 2. The van der Waals surface area contributed by atoms with Crippen molar-refractivity contribution < 1.29 is 22.4 Å². The predicted octanol–water partition coefficient (Wildman–Crippen LogP) is 1.67. The van der Waals surface area contributed by atoms with E-state index in [0.29, 0.717) is 5.56 Å². The molecule has 1 aliphatic rings. The lowest BCUT2D eigenvalue weighted by atomic mass is 10.0. The Labute approximate surface area is 142 Å². The van der Waals surface area contributed by atoms with Gasteiger partial charge >= 0.3 is 0 Å². The van der Waals surface area contributed by atoms with Gasteiger partial charge in [0, 0.05) is 24.3 Å². The highest BCUT2D eigenvalue weighted by atomic mass is 32.2. The average molecular weight is 361 g/mol. The standard InChI is InChI=1S/C16H12FN3O4S/c1-8-3-4-9(17)7-10(8)20-13-14(21)11-12(19-6-5-18-11)15(22)16(13)25(2,23)24/h3-7,20H,1-2H3. The van der Waals surface area contributed by atoms with E-state index in [4.69, 9.17) is 0 Å². The third-order valence-electron chi connectivity index (χ3n) is 3.62. The lowest BCUT2D eigenvalue weighted by Gasteiger charge is -2.20. The van der Waals surface area contributed by atoms with Crippen molar-refractivity contribution in [3.05, 3.63) is 64.0 Å². The lowest BCUT2D eigenvalue weighted by Crippen LogP contribution is -2.31. The van der Waals surface area contributed by atoms with E-state index >= 15 is 0 Å². The molecule has 9 heteroatoms. The summed E-state index contributed by atoms with van der Waals surface area (Å²) in [6.07, 6.45) is 3.23. The van der Waals surface area contributed by atoms with Gasteiger partial charge in [-0.2, -0.15) is 0 Å². The molecule has 0 fully saturated rings. The van der Waals surface area contributed by atoms with Gasteiger partial charge in [0.15, 0.2) is 9.84 Å². The minimum Gasteiger partial charge on any atom is -0.351 e. The first kappa shape index (κ1) is 16.9. The van der Waals surface area contributed by atoms with E-state index in [2.05, 4.69) is 15.3 Å². The first-order valence-electron chi connectivity index (χ1n) is 7.08. The normalized spacial score (nSPS) is 14.5. The van der Waals surface area contributed by atoms with E-state index in [9.17, 15) is 22.4 Å². The van der Waals surface area contributed by atoms with Crippen LogP contribution in [-0.2, 0) is 9.84 Å². The first-order valence-corrected chi connectivity index (χ1v) is 8.97. The van der Waals surface area contributed by atoms with E-state index in [-0.39, 0.29) is 17.1 Å². The molecule has 3 rings (SSSR count). The van der Waals surface area contributed by atoms with E-state index in [1.807, 2.05) is 0 Å². The number of anilines is 1. The lowest BCUT2D eigenvalue weighted by molar-refractivity contribution is 0.0974. The van der Waals surface area contributed by atoms with Gasteiger partial charge in [-0.05, 0) is 24.6 Å². The fourth-order valence-corrected chi connectivity index (χ4v) is 3.39. The van der Waals surface area contributed by atoms with Crippen molar-refractivity contribution in [2.75, 3.05) is 11.6 Å². The molecule has 0 unspecified atom stereocenters. The van der Waals surface area contributed by atoms with Crippen LogP contribution in [-0.4, -0.2) is 36.2 Å². The molecule has 0 saturated heterocycles. The molecule has 0 saturated carbocycles. The second kappa shape index (κ2) is 5.85. The van der Waals surface area contributed by atoms with Gasteiger partial charge in [-0.15, -0.1) is 0 Å². The molecular weight excluding hydrogens is 349 g/mol. The number of nitrogens with zero attached hydrogens (tertiary/aromatic N) is 2. The van der Waals surface area contributed by atoms with Crippen LogP contribution in [0.5, 0.6) is 0 Å². The van der Waals surface area contributed by atoms with Crippen LogP contribution in [0.15, 0.2) is 41.2 Å². The number of nitrogens with one attached hydrogen (secondary N) is 1. The van der Waals surface area contributed by atoms with E-state index in [1.54, 1.807) is 6.92 Å². The van der Waals surface area contributed by atoms with Crippen molar-refractivity contribution >= 4 is 27.1 Å². The smallest absolute Gasteiger partial charge is 0.231 e. The topological polar surface area (TPSA) is 106 Å². The zero-order valence-electron chi connectivity index (χ0n) is 13.2. The van der Waals surface area contributed by atoms with Crippen LogP contribution in [0, 0.1) is 12.7 Å². The maximum Gasteiger partial charge on any atom is 0.231 e. The Hall–Kier alpha value is -2.94. The summed E-state index contributed by atoms with van der Waals surface area (Å²) in [5, 5.41) is 2.59. The SMILES string of the molecule is Cc1ccc(F)cc1NC1=C(S(C)(=O)=O)C(=O)c2nccnc2C1=O. The fourth-order valence-electron chi connectivity index (χ4n) is 2.44. The largest absolute Gasteiger partial charge is 0.351 e. The number of aryl methyl sites for hydroxylation is 1. The highest BCUT2D eigenvalue weighted by Gasteiger charge is 2.39.